The first-order valence-electron chi connectivity index (χ1n) is 8.65. The molecule has 2 aromatic carbocycles. The molecule has 0 unspecified atom stereocenters. The van der Waals surface area contributed by atoms with Crippen molar-refractivity contribution in [2.45, 2.75) is 13.0 Å². The Morgan fingerprint density at radius 1 is 1.00 bits per heavy atom. The van der Waals surface area contributed by atoms with Crippen molar-refractivity contribution in [1.82, 2.24) is 9.97 Å². The number of nitrogens with zero attached hydrogens (tertiary/aromatic N) is 1. The molecule has 0 amide bonds. The fraction of sp³-hybridized carbons (Fsp3) is 0.136. The number of pyridine rings is 1. The third-order valence-corrected chi connectivity index (χ3v) is 4.62. The first-order chi connectivity index (χ1) is 12.8. The molecule has 130 valence electrons. The number of methoxy groups -OCH3 is 1. The van der Waals surface area contributed by atoms with E-state index in [4.69, 9.17) is 4.74 Å². The number of aromatic amines is 1. The van der Waals surface area contributed by atoms with Gasteiger partial charge in [0.25, 0.3) is 0 Å². The molecule has 0 saturated heterocycles. The molecule has 0 bridgehead atoms. The predicted octanol–water partition coefficient (Wildman–Crippen LogP) is 5.08. The van der Waals surface area contributed by atoms with Gasteiger partial charge in [0.1, 0.15) is 11.6 Å². The van der Waals surface area contributed by atoms with Crippen LogP contribution in [0.2, 0.25) is 0 Å². The zero-order valence-corrected chi connectivity index (χ0v) is 14.9. The lowest BCUT2D eigenvalue weighted by molar-refractivity contribution is 0.414. The number of anilines is 1. The maximum absolute atomic E-state index is 5.44. The lowest BCUT2D eigenvalue weighted by atomic mass is 9.95. The summed E-state index contributed by atoms with van der Waals surface area (Å²) in [6, 6.07) is 22.4. The van der Waals surface area contributed by atoms with Crippen LogP contribution >= 0.6 is 0 Å². The second-order valence-electron chi connectivity index (χ2n) is 6.28. The average molecular weight is 343 g/mol. The van der Waals surface area contributed by atoms with Crippen LogP contribution in [0, 0.1) is 6.92 Å². The fourth-order valence-electron chi connectivity index (χ4n) is 3.41. The topological polar surface area (TPSA) is 49.9 Å². The molecular formula is C22H21N3O. The summed E-state index contributed by atoms with van der Waals surface area (Å²) in [6.45, 7) is 2.11. The van der Waals surface area contributed by atoms with Crippen LogP contribution in [0.15, 0.2) is 72.9 Å². The Hall–Kier alpha value is -3.27. The van der Waals surface area contributed by atoms with E-state index < -0.39 is 0 Å². The van der Waals surface area contributed by atoms with Gasteiger partial charge in [-0.05, 0) is 42.8 Å². The molecule has 2 N–H and O–H groups in total. The number of benzene rings is 2. The zero-order valence-electron chi connectivity index (χ0n) is 14.9. The van der Waals surface area contributed by atoms with Crippen molar-refractivity contribution in [3.63, 3.8) is 0 Å². The van der Waals surface area contributed by atoms with Crippen molar-refractivity contribution in [3.8, 4) is 5.75 Å². The second kappa shape index (κ2) is 6.92. The number of ether oxygens (including phenoxy) is 1. The van der Waals surface area contributed by atoms with Gasteiger partial charge in [-0.3, -0.25) is 0 Å². The van der Waals surface area contributed by atoms with Gasteiger partial charge in [0, 0.05) is 28.4 Å². The third kappa shape index (κ3) is 3.02. The molecule has 1 atom stereocenters. The standard InChI is InChI=1S/C22H21N3O/c1-15-21(18-10-3-4-11-19(18)24-15)22(25-20-12-5-6-13-23-20)16-8-7-9-17(14-16)26-2/h3-14,22,24H,1-2H3,(H,23,25)/t22-/m1/s1. The minimum atomic E-state index is -0.0452. The monoisotopic (exact) mass is 343 g/mol. The molecule has 0 aliphatic carbocycles. The van der Waals surface area contributed by atoms with Crippen LogP contribution in [-0.4, -0.2) is 17.1 Å². The van der Waals surface area contributed by atoms with Gasteiger partial charge in [0.15, 0.2) is 0 Å². The van der Waals surface area contributed by atoms with Gasteiger partial charge in [0.05, 0.1) is 13.2 Å². The first kappa shape index (κ1) is 16.2. The van der Waals surface area contributed by atoms with Crippen LogP contribution in [0.4, 0.5) is 5.82 Å². The van der Waals surface area contributed by atoms with E-state index in [9.17, 15) is 0 Å². The lowest BCUT2D eigenvalue weighted by Crippen LogP contribution is -2.14. The molecule has 0 fully saturated rings. The molecule has 4 heteroatoms. The predicted molar refractivity (Wildman–Crippen MR) is 106 cm³/mol. The summed E-state index contributed by atoms with van der Waals surface area (Å²) in [7, 11) is 1.69. The highest BCUT2D eigenvalue weighted by molar-refractivity contribution is 5.86. The molecule has 0 spiro atoms. The number of para-hydroxylation sites is 1. The summed E-state index contributed by atoms with van der Waals surface area (Å²) in [4.78, 5) is 7.95. The smallest absolute Gasteiger partial charge is 0.126 e. The van der Waals surface area contributed by atoms with Gasteiger partial charge in [0.2, 0.25) is 0 Å². The Morgan fingerprint density at radius 3 is 2.65 bits per heavy atom. The highest BCUT2D eigenvalue weighted by atomic mass is 16.5. The lowest BCUT2D eigenvalue weighted by Gasteiger charge is -2.21. The van der Waals surface area contributed by atoms with Crippen LogP contribution in [0.25, 0.3) is 10.9 Å². The summed E-state index contributed by atoms with van der Waals surface area (Å²) in [5, 5.41) is 4.80. The van der Waals surface area contributed by atoms with Crippen LogP contribution in [0.5, 0.6) is 5.75 Å². The summed E-state index contributed by atoms with van der Waals surface area (Å²) < 4.78 is 5.44. The van der Waals surface area contributed by atoms with Crippen molar-refractivity contribution in [2.75, 3.05) is 12.4 Å². The van der Waals surface area contributed by atoms with E-state index in [2.05, 4.69) is 58.6 Å². The van der Waals surface area contributed by atoms with Gasteiger partial charge >= 0.3 is 0 Å². The van der Waals surface area contributed by atoms with E-state index >= 15 is 0 Å². The average Bonchev–Trinajstić information content (AvgIpc) is 3.02. The molecule has 26 heavy (non-hydrogen) atoms. The highest BCUT2D eigenvalue weighted by Crippen LogP contribution is 2.35. The van der Waals surface area contributed by atoms with Crippen LogP contribution in [-0.2, 0) is 0 Å². The van der Waals surface area contributed by atoms with Gasteiger partial charge in [-0.1, -0.05) is 36.4 Å². The van der Waals surface area contributed by atoms with E-state index in [1.54, 1.807) is 13.3 Å². The van der Waals surface area contributed by atoms with Gasteiger partial charge in [-0.2, -0.15) is 0 Å². The van der Waals surface area contributed by atoms with Gasteiger partial charge < -0.3 is 15.0 Å². The van der Waals surface area contributed by atoms with Crippen molar-refractivity contribution in [1.29, 1.82) is 0 Å². The Morgan fingerprint density at radius 2 is 1.85 bits per heavy atom. The molecule has 2 aromatic heterocycles. The number of aromatic nitrogens is 2. The summed E-state index contributed by atoms with van der Waals surface area (Å²) in [6.07, 6.45) is 1.80. The number of fused-ring (bicyclic) bond motifs is 1. The Bertz CT molecular complexity index is 1020. The molecule has 2 heterocycles. The summed E-state index contributed by atoms with van der Waals surface area (Å²) >= 11 is 0. The minimum absolute atomic E-state index is 0.0452. The van der Waals surface area contributed by atoms with Crippen molar-refractivity contribution >= 4 is 16.7 Å². The number of hydrogen-bond donors (Lipinski definition) is 2. The van der Waals surface area contributed by atoms with E-state index in [1.165, 1.54) is 10.9 Å². The number of nitrogens with one attached hydrogen (secondary N) is 2. The van der Waals surface area contributed by atoms with Crippen molar-refractivity contribution in [3.05, 3.63) is 89.7 Å². The van der Waals surface area contributed by atoms with E-state index in [0.717, 1.165) is 28.3 Å². The van der Waals surface area contributed by atoms with E-state index in [1.807, 2.05) is 30.3 Å². The summed E-state index contributed by atoms with van der Waals surface area (Å²) in [5.74, 6) is 1.68. The fourth-order valence-corrected chi connectivity index (χ4v) is 3.41. The molecule has 0 aliphatic heterocycles. The zero-order chi connectivity index (χ0) is 17.9. The van der Waals surface area contributed by atoms with E-state index in [-0.39, 0.29) is 6.04 Å². The van der Waals surface area contributed by atoms with Gasteiger partial charge in [-0.15, -0.1) is 0 Å². The molecule has 4 aromatic rings. The normalized spacial score (nSPS) is 12.1. The Balaban J connectivity index is 1.88. The number of hydrogen-bond acceptors (Lipinski definition) is 3. The molecule has 0 aliphatic rings. The number of rotatable bonds is 5. The quantitative estimate of drug-likeness (QED) is 0.531. The molecular weight excluding hydrogens is 322 g/mol. The summed E-state index contributed by atoms with van der Waals surface area (Å²) in [5.41, 5.74) is 4.63. The van der Waals surface area contributed by atoms with Crippen molar-refractivity contribution in [2.24, 2.45) is 0 Å². The Labute approximate surface area is 152 Å². The highest BCUT2D eigenvalue weighted by Gasteiger charge is 2.21. The largest absolute Gasteiger partial charge is 0.497 e. The molecule has 0 radical (unpaired) electrons. The number of H-pyrrole nitrogens is 1. The Kier molecular flexibility index (Phi) is 4.32. The van der Waals surface area contributed by atoms with Crippen molar-refractivity contribution < 1.29 is 4.74 Å². The van der Waals surface area contributed by atoms with Crippen LogP contribution in [0.1, 0.15) is 22.9 Å². The minimum Gasteiger partial charge on any atom is -0.497 e. The number of aryl methyl sites for hydroxylation is 1. The van der Waals surface area contributed by atoms with Crippen LogP contribution in [0.3, 0.4) is 0 Å². The third-order valence-electron chi connectivity index (χ3n) is 4.62. The SMILES string of the molecule is COc1cccc([C@@H](Nc2ccccn2)c2c(C)[nH]c3ccccc23)c1. The molecule has 0 saturated carbocycles. The maximum atomic E-state index is 5.44. The molecule has 4 nitrogen and oxygen atoms in total. The maximum Gasteiger partial charge on any atom is 0.126 e. The molecule has 4 rings (SSSR count). The van der Waals surface area contributed by atoms with Crippen LogP contribution < -0.4 is 10.1 Å². The second-order valence-corrected chi connectivity index (χ2v) is 6.28. The first-order valence-corrected chi connectivity index (χ1v) is 8.65. The van der Waals surface area contributed by atoms with Gasteiger partial charge in [-0.25, -0.2) is 4.98 Å². The van der Waals surface area contributed by atoms with E-state index in [0.29, 0.717) is 0 Å².